The lowest BCUT2D eigenvalue weighted by atomic mass is 9.81. The predicted octanol–water partition coefficient (Wildman–Crippen LogP) is 2.59. The maximum atomic E-state index is 11.9. The number of benzene rings is 1. The summed E-state index contributed by atoms with van der Waals surface area (Å²) in [6.45, 7) is 5.59. The molecule has 26 heavy (non-hydrogen) atoms. The maximum Gasteiger partial charge on any atom is 0.328 e. The predicted molar refractivity (Wildman–Crippen MR) is 106 cm³/mol. The molecule has 1 atom stereocenters. The van der Waals surface area contributed by atoms with Crippen molar-refractivity contribution in [2.24, 2.45) is 0 Å². The van der Waals surface area contributed by atoms with Crippen molar-refractivity contribution in [2.45, 2.75) is 44.6 Å². The van der Waals surface area contributed by atoms with Crippen molar-refractivity contribution in [3.8, 4) is 0 Å². The minimum absolute atomic E-state index is 0.292. The second-order valence-corrected chi connectivity index (χ2v) is 8.64. The van der Waals surface area contributed by atoms with Crippen LogP contribution in [0, 0.1) is 6.92 Å². The number of rotatable bonds is 4. The molecule has 6 heteroatoms. The SMILES string of the molecule is Cc1cn(CCCN2CCC3(CCc4cc(Br)ccc43)C2)c(=O)[nH]c1=O. The van der Waals surface area contributed by atoms with E-state index >= 15 is 0 Å². The zero-order valence-electron chi connectivity index (χ0n) is 15.1. The number of aromatic amines is 1. The largest absolute Gasteiger partial charge is 0.328 e. The van der Waals surface area contributed by atoms with Crippen LogP contribution in [0.15, 0.2) is 38.5 Å². The number of nitrogens with zero attached hydrogens (tertiary/aromatic N) is 2. The lowest BCUT2D eigenvalue weighted by Gasteiger charge is -2.25. The van der Waals surface area contributed by atoms with Crippen LogP contribution in [-0.4, -0.2) is 34.1 Å². The minimum atomic E-state index is -0.311. The number of hydrogen-bond donors (Lipinski definition) is 1. The number of hydrogen-bond acceptors (Lipinski definition) is 3. The van der Waals surface area contributed by atoms with Crippen molar-refractivity contribution in [1.82, 2.24) is 14.5 Å². The number of halogens is 1. The molecule has 5 nitrogen and oxygen atoms in total. The molecule has 2 aliphatic rings. The Hall–Kier alpha value is -1.66. The minimum Gasteiger partial charge on any atom is -0.302 e. The van der Waals surface area contributed by atoms with E-state index in [1.807, 2.05) is 0 Å². The van der Waals surface area contributed by atoms with Crippen LogP contribution >= 0.6 is 15.9 Å². The summed E-state index contributed by atoms with van der Waals surface area (Å²) in [5.74, 6) is 0. The van der Waals surface area contributed by atoms with Crippen molar-refractivity contribution >= 4 is 15.9 Å². The Kier molecular flexibility index (Phi) is 4.65. The maximum absolute atomic E-state index is 11.9. The van der Waals surface area contributed by atoms with Crippen LogP contribution in [-0.2, 0) is 18.4 Å². The highest BCUT2D eigenvalue weighted by atomic mass is 79.9. The molecule has 1 spiro atoms. The van der Waals surface area contributed by atoms with Crippen molar-refractivity contribution in [1.29, 1.82) is 0 Å². The Morgan fingerprint density at radius 2 is 2.08 bits per heavy atom. The van der Waals surface area contributed by atoms with E-state index in [0.29, 0.717) is 17.5 Å². The van der Waals surface area contributed by atoms with Gasteiger partial charge >= 0.3 is 5.69 Å². The Morgan fingerprint density at radius 3 is 2.92 bits per heavy atom. The highest BCUT2D eigenvalue weighted by Gasteiger charge is 2.43. The third kappa shape index (κ3) is 3.21. The lowest BCUT2D eigenvalue weighted by Crippen LogP contribution is -2.33. The molecule has 1 unspecified atom stereocenters. The second kappa shape index (κ2) is 6.82. The fourth-order valence-corrected chi connectivity index (χ4v) is 5.03. The Bertz CT molecular complexity index is 949. The summed E-state index contributed by atoms with van der Waals surface area (Å²) in [6.07, 6.45) is 6.22. The van der Waals surface area contributed by atoms with Crippen LogP contribution in [0.1, 0.15) is 36.0 Å². The first-order valence-corrected chi connectivity index (χ1v) is 10.1. The zero-order valence-corrected chi connectivity index (χ0v) is 16.6. The fourth-order valence-electron chi connectivity index (χ4n) is 4.62. The van der Waals surface area contributed by atoms with E-state index < -0.39 is 0 Å². The van der Waals surface area contributed by atoms with E-state index in [0.717, 1.165) is 26.1 Å². The van der Waals surface area contributed by atoms with Gasteiger partial charge in [0.15, 0.2) is 0 Å². The molecule has 0 bridgehead atoms. The molecule has 0 radical (unpaired) electrons. The third-order valence-electron chi connectivity index (χ3n) is 6.01. The average Bonchev–Trinajstić information content (AvgIpc) is 3.17. The molecule has 1 saturated heterocycles. The van der Waals surface area contributed by atoms with E-state index in [-0.39, 0.29) is 11.2 Å². The lowest BCUT2D eigenvalue weighted by molar-refractivity contribution is 0.298. The average molecular weight is 418 g/mol. The van der Waals surface area contributed by atoms with E-state index in [1.165, 1.54) is 34.9 Å². The van der Waals surface area contributed by atoms with Crippen molar-refractivity contribution in [3.63, 3.8) is 0 Å². The first-order valence-electron chi connectivity index (χ1n) is 9.28. The van der Waals surface area contributed by atoms with Crippen LogP contribution in [0.5, 0.6) is 0 Å². The molecule has 2 heterocycles. The topological polar surface area (TPSA) is 58.1 Å². The monoisotopic (exact) mass is 417 g/mol. The van der Waals surface area contributed by atoms with Gasteiger partial charge in [0.2, 0.25) is 0 Å². The van der Waals surface area contributed by atoms with Gasteiger partial charge < -0.3 is 9.47 Å². The third-order valence-corrected chi connectivity index (χ3v) is 6.50. The van der Waals surface area contributed by atoms with Crippen LogP contribution < -0.4 is 11.2 Å². The number of H-pyrrole nitrogens is 1. The molecular weight excluding hydrogens is 394 g/mol. The van der Waals surface area contributed by atoms with Gasteiger partial charge in [-0.15, -0.1) is 0 Å². The molecule has 1 fully saturated rings. The van der Waals surface area contributed by atoms with Gasteiger partial charge in [-0.2, -0.15) is 0 Å². The summed E-state index contributed by atoms with van der Waals surface area (Å²) in [5, 5.41) is 0. The molecule has 1 aromatic heterocycles. The second-order valence-electron chi connectivity index (χ2n) is 7.73. The first-order chi connectivity index (χ1) is 12.5. The number of aromatic nitrogens is 2. The molecular formula is C20H24BrN3O2. The quantitative estimate of drug-likeness (QED) is 0.831. The molecule has 2 aromatic rings. The van der Waals surface area contributed by atoms with Crippen molar-refractivity contribution in [3.05, 3.63) is 66.4 Å². The summed E-state index contributed by atoms with van der Waals surface area (Å²) >= 11 is 3.59. The van der Waals surface area contributed by atoms with Crippen molar-refractivity contribution in [2.75, 3.05) is 19.6 Å². The summed E-state index contributed by atoms with van der Waals surface area (Å²) in [5.41, 5.74) is 3.33. The van der Waals surface area contributed by atoms with Gasteiger partial charge in [-0.05, 0) is 69.0 Å². The molecule has 1 N–H and O–H groups in total. The van der Waals surface area contributed by atoms with E-state index in [4.69, 9.17) is 0 Å². The van der Waals surface area contributed by atoms with Gasteiger partial charge in [0.05, 0.1) is 0 Å². The molecule has 1 aliphatic heterocycles. The van der Waals surface area contributed by atoms with E-state index in [2.05, 4.69) is 44.0 Å². The molecule has 1 aliphatic carbocycles. The van der Waals surface area contributed by atoms with E-state index in [1.54, 1.807) is 17.7 Å². The molecule has 138 valence electrons. The zero-order chi connectivity index (χ0) is 18.3. The highest BCUT2D eigenvalue weighted by molar-refractivity contribution is 9.10. The van der Waals surface area contributed by atoms with E-state index in [9.17, 15) is 9.59 Å². The fraction of sp³-hybridized carbons (Fsp3) is 0.500. The molecule has 1 aromatic carbocycles. The van der Waals surface area contributed by atoms with Gasteiger partial charge in [0, 0.05) is 34.7 Å². The van der Waals surface area contributed by atoms with Gasteiger partial charge in [-0.3, -0.25) is 9.78 Å². The normalized spacial score (nSPS) is 22.2. The molecule has 0 saturated carbocycles. The Labute approximate surface area is 161 Å². The smallest absolute Gasteiger partial charge is 0.302 e. The Balaban J connectivity index is 1.38. The van der Waals surface area contributed by atoms with Gasteiger partial charge in [-0.1, -0.05) is 22.0 Å². The highest BCUT2D eigenvalue weighted by Crippen LogP contribution is 2.46. The van der Waals surface area contributed by atoms with Crippen LogP contribution in [0.2, 0.25) is 0 Å². The van der Waals surface area contributed by atoms with Crippen molar-refractivity contribution < 1.29 is 0 Å². The standard InChI is InChI=1S/C20H24BrN3O2/c1-14-12-24(19(26)22-18(14)25)9-2-8-23-10-7-20(13-23)6-5-15-11-16(21)3-4-17(15)20/h3-4,11-12H,2,5-10,13H2,1H3,(H,22,25,26). The summed E-state index contributed by atoms with van der Waals surface area (Å²) in [7, 11) is 0. The number of likely N-dealkylation sites (tertiary alicyclic amines) is 1. The first kappa shape index (κ1) is 17.7. The van der Waals surface area contributed by atoms with Gasteiger partial charge in [-0.25, -0.2) is 4.79 Å². The van der Waals surface area contributed by atoms with Crippen LogP contribution in [0.3, 0.4) is 0 Å². The van der Waals surface area contributed by atoms with Crippen LogP contribution in [0.25, 0.3) is 0 Å². The summed E-state index contributed by atoms with van der Waals surface area (Å²) in [6, 6.07) is 6.75. The Morgan fingerprint density at radius 1 is 1.23 bits per heavy atom. The number of fused-ring (bicyclic) bond motifs is 2. The van der Waals surface area contributed by atoms with Gasteiger partial charge in [0.1, 0.15) is 0 Å². The summed E-state index contributed by atoms with van der Waals surface area (Å²) in [4.78, 5) is 28.2. The van der Waals surface area contributed by atoms with Crippen LogP contribution in [0.4, 0.5) is 0 Å². The summed E-state index contributed by atoms with van der Waals surface area (Å²) < 4.78 is 2.79. The number of aryl methyl sites for hydroxylation is 3. The molecule has 0 amide bonds. The molecule has 4 rings (SSSR count). The number of nitrogens with one attached hydrogen (secondary N) is 1. The van der Waals surface area contributed by atoms with Gasteiger partial charge in [0.25, 0.3) is 5.56 Å².